The van der Waals surface area contributed by atoms with Crippen LogP contribution in [0.15, 0.2) is 52.1 Å². The molecule has 9 heteroatoms. The van der Waals surface area contributed by atoms with Crippen LogP contribution in [0, 0.1) is 0 Å². The molecule has 1 aromatic carbocycles. The summed E-state index contributed by atoms with van der Waals surface area (Å²) in [5.41, 5.74) is 3.05. The molecule has 4 rings (SSSR count). The van der Waals surface area contributed by atoms with E-state index >= 15 is 0 Å². The SMILES string of the molecule is CCn1cc2nc(SCC(=O)NCCC3=CCCCC3)n(Cc3ccc(OC)cc3)c(=O)c2n1. The van der Waals surface area contributed by atoms with Gasteiger partial charge in [-0.3, -0.25) is 18.8 Å². The number of ether oxygens (including phenoxy) is 1. The van der Waals surface area contributed by atoms with E-state index in [4.69, 9.17) is 4.74 Å². The lowest BCUT2D eigenvalue weighted by Crippen LogP contribution is -2.28. The van der Waals surface area contributed by atoms with Gasteiger partial charge in [-0.15, -0.1) is 0 Å². The second-order valence-electron chi connectivity index (χ2n) is 8.35. The van der Waals surface area contributed by atoms with Gasteiger partial charge in [0.15, 0.2) is 10.7 Å². The van der Waals surface area contributed by atoms with E-state index in [1.165, 1.54) is 30.2 Å². The Bertz CT molecular complexity index is 1230. The van der Waals surface area contributed by atoms with E-state index in [0.717, 1.165) is 30.6 Å². The van der Waals surface area contributed by atoms with Gasteiger partial charge in [0.05, 0.1) is 25.6 Å². The summed E-state index contributed by atoms with van der Waals surface area (Å²) in [5.74, 6) is 0.888. The number of rotatable bonds is 10. The predicted molar refractivity (Wildman–Crippen MR) is 134 cm³/mol. The third-order valence-corrected chi connectivity index (χ3v) is 6.92. The van der Waals surface area contributed by atoms with Gasteiger partial charge in [0.25, 0.3) is 5.56 Å². The van der Waals surface area contributed by atoms with Gasteiger partial charge in [-0.2, -0.15) is 5.10 Å². The van der Waals surface area contributed by atoms with Crippen LogP contribution in [0.1, 0.15) is 44.6 Å². The van der Waals surface area contributed by atoms with E-state index in [0.29, 0.717) is 35.8 Å². The second kappa shape index (κ2) is 11.4. The number of hydrogen-bond acceptors (Lipinski definition) is 6. The summed E-state index contributed by atoms with van der Waals surface area (Å²) in [6.07, 6.45) is 9.77. The monoisotopic (exact) mass is 481 g/mol. The van der Waals surface area contributed by atoms with Crippen molar-refractivity contribution >= 4 is 28.7 Å². The molecular weight excluding hydrogens is 450 g/mol. The van der Waals surface area contributed by atoms with Crippen molar-refractivity contribution in [1.29, 1.82) is 0 Å². The van der Waals surface area contributed by atoms with Crippen molar-refractivity contribution in [1.82, 2.24) is 24.6 Å². The Morgan fingerprint density at radius 1 is 1.24 bits per heavy atom. The number of allylic oxidation sites excluding steroid dienone is 1. The van der Waals surface area contributed by atoms with Gasteiger partial charge in [-0.25, -0.2) is 4.98 Å². The van der Waals surface area contributed by atoms with Crippen LogP contribution in [0.5, 0.6) is 5.75 Å². The summed E-state index contributed by atoms with van der Waals surface area (Å²) < 4.78 is 8.54. The lowest BCUT2D eigenvalue weighted by Gasteiger charge is -2.14. The highest BCUT2D eigenvalue weighted by Crippen LogP contribution is 2.21. The average Bonchev–Trinajstić information content (AvgIpc) is 3.29. The van der Waals surface area contributed by atoms with Crippen LogP contribution < -0.4 is 15.6 Å². The first-order valence-electron chi connectivity index (χ1n) is 11.8. The zero-order valence-corrected chi connectivity index (χ0v) is 20.6. The van der Waals surface area contributed by atoms with Crippen LogP contribution >= 0.6 is 11.8 Å². The highest BCUT2D eigenvalue weighted by molar-refractivity contribution is 7.99. The van der Waals surface area contributed by atoms with E-state index < -0.39 is 0 Å². The molecule has 1 aliphatic rings. The molecule has 0 atom stereocenters. The molecule has 2 heterocycles. The van der Waals surface area contributed by atoms with Gasteiger partial charge in [0.1, 0.15) is 11.3 Å². The molecule has 2 aromatic heterocycles. The van der Waals surface area contributed by atoms with Crippen LogP contribution in [-0.4, -0.2) is 44.6 Å². The highest BCUT2D eigenvalue weighted by atomic mass is 32.2. The molecular formula is C25H31N5O3S. The lowest BCUT2D eigenvalue weighted by molar-refractivity contribution is -0.118. The Balaban J connectivity index is 1.49. The number of aryl methyl sites for hydroxylation is 1. The number of methoxy groups -OCH3 is 1. The lowest BCUT2D eigenvalue weighted by atomic mass is 9.97. The number of nitrogens with zero attached hydrogens (tertiary/aromatic N) is 4. The molecule has 3 aromatic rings. The number of fused-ring (bicyclic) bond motifs is 1. The Morgan fingerprint density at radius 2 is 2.06 bits per heavy atom. The fourth-order valence-corrected chi connectivity index (χ4v) is 4.85. The Labute approximate surface area is 203 Å². The van der Waals surface area contributed by atoms with Crippen molar-refractivity contribution < 1.29 is 9.53 Å². The van der Waals surface area contributed by atoms with Crippen LogP contribution in [0.2, 0.25) is 0 Å². The van der Waals surface area contributed by atoms with E-state index in [1.807, 2.05) is 31.2 Å². The number of aromatic nitrogens is 4. The van der Waals surface area contributed by atoms with Gasteiger partial charge in [0, 0.05) is 13.1 Å². The van der Waals surface area contributed by atoms with Gasteiger partial charge in [0.2, 0.25) is 5.91 Å². The Morgan fingerprint density at radius 3 is 2.76 bits per heavy atom. The molecule has 1 N–H and O–H groups in total. The summed E-state index contributed by atoms with van der Waals surface area (Å²) in [4.78, 5) is 30.5. The van der Waals surface area contributed by atoms with Crippen LogP contribution in [-0.2, 0) is 17.9 Å². The van der Waals surface area contributed by atoms with E-state index in [9.17, 15) is 9.59 Å². The third kappa shape index (κ3) is 5.88. The number of carbonyl (C=O) groups is 1. The van der Waals surface area contributed by atoms with Gasteiger partial charge in [-0.1, -0.05) is 35.5 Å². The number of nitrogens with one attached hydrogen (secondary N) is 1. The summed E-state index contributed by atoms with van der Waals surface area (Å²) in [6, 6.07) is 7.56. The second-order valence-corrected chi connectivity index (χ2v) is 9.29. The predicted octanol–water partition coefficient (Wildman–Crippen LogP) is 3.77. The Kier molecular flexibility index (Phi) is 8.05. The quantitative estimate of drug-likeness (QED) is 0.269. The average molecular weight is 482 g/mol. The third-order valence-electron chi connectivity index (χ3n) is 5.95. The normalized spacial score (nSPS) is 13.6. The van der Waals surface area contributed by atoms with Crippen LogP contribution in [0.4, 0.5) is 0 Å². The largest absolute Gasteiger partial charge is 0.497 e. The van der Waals surface area contributed by atoms with Crippen molar-refractivity contribution in [3.63, 3.8) is 0 Å². The first-order chi connectivity index (χ1) is 16.6. The first kappa shape index (κ1) is 24.1. The summed E-state index contributed by atoms with van der Waals surface area (Å²) in [5, 5.41) is 7.90. The van der Waals surface area contributed by atoms with Crippen molar-refractivity contribution in [3.05, 3.63) is 58.0 Å². The van der Waals surface area contributed by atoms with Crippen molar-refractivity contribution in [2.45, 2.75) is 57.3 Å². The molecule has 0 saturated carbocycles. The molecule has 0 aliphatic heterocycles. The minimum absolute atomic E-state index is 0.0593. The van der Waals surface area contributed by atoms with Crippen molar-refractivity contribution in [3.8, 4) is 5.75 Å². The number of hydrogen-bond donors (Lipinski definition) is 1. The zero-order chi connectivity index (χ0) is 23.9. The highest BCUT2D eigenvalue weighted by Gasteiger charge is 2.16. The standard InChI is InChI=1S/C25H31N5O3S/c1-3-29-16-21-23(28-29)24(32)30(15-19-9-11-20(33-2)12-10-19)25(27-21)34-17-22(31)26-14-13-18-7-5-4-6-8-18/h7,9-12,16H,3-6,8,13-15,17H2,1-2H3,(H,26,31). The van der Waals surface area contributed by atoms with Crippen LogP contribution in [0.3, 0.4) is 0 Å². The smallest absolute Gasteiger partial charge is 0.282 e. The topological polar surface area (TPSA) is 91.0 Å². The minimum Gasteiger partial charge on any atom is -0.497 e. The van der Waals surface area contributed by atoms with Gasteiger partial charge in [-0.05, 0) is 56.7 Å². The molecule has 0 unspecified atom stereocenters. The number of carbonyl (C=O) groups excluding carboxylic acids is 1. The molecule has 0 bridgehead atoms. The molecule has 180 valence electrons. The fraction of sp³-hybridized carbons (Fsp3) is 0.440. The number of thioether (sulfide) groups is 1. The molecule has 0 saturated heterocycles. The van der Waals surface area contributed by atoms with Crippen molar-refractivity contribution in [2.75, 3.05) is 19.4 Å². The first-order valence-corrected chi connectivity index (χ1v) is 12.7. The summed E-state index contributed by atoms with van der Waals surface area (Å²) >= 11 is 1.28. The van der Waals surface area contributed by atoms with E-state index in [-0.39, 0.29) is 17.2 Å². The number of amides is 1. The minimum atomic E-state index is -0.208. The zero-order valence-electron chi connectivity index (χ0n) is 19.7. The Hall–Kier alpha value is -3.07. The summed E-state index contributed by atoms with van der Waals surface area (Å²) in [6.45, 7) is 3.59. The van der Waals surface area contributed by atoms with Gasteiger partial charge >= 0.3 is 0 Å². The molecule has 0 radical (unpaired) electrons. The maximum atomic E-state index is 13.3. The molecule has 0 spiro atoms. The number of benzene rings is 1. The maximum Gasteiger partial charge on any atom is 0.282 e. The van der Waals surface area contributed by atoms with Crippen LogP contribution in [0.25, 0.3) is 11.0 Å². The molecule has 1 amide bonds. The molecule has 1 aliphatic carbocycles. The van der Waals surface area contributed by atoms with E-state index in [2.05, 4.69) is 21.5 Å². The maximum absolute atomic E-state index is 13.3. The molecule has 8 nitrogen and oxygen atoms in total. The fourth-order valence-electron chi connectivity index (χ4n) is 4.02. The van der Waals surface area contributed by atoms with Gasteiger partial charge < -0.3 is 10.1 Å². The molecule has 34 heavy (non-hydrogen) atoms. The van der Waals surface area contributed by atoms with E-state index in [1.54, 1.807) is 22.6 Å². The van der Waals surface area contributed by atoms with Crippen molar-refractivity contribution in [2.24, 2.45) is 0 Å². The summed E-state index contributed by atoms with van der Waals surface area (Å²) in [7, 11) is 1.62. The molecule has 0 fully saturated rings.